The minimum Gasteiger partial charge on any atom is -0.339 e. The summed E-state index contributed by atoms with van der Waals surface area (Å²) in [6.45, 7) is 0. The maximum Gasteiger partial charge on any atom is 0.231 e. The molecule has 0 fully saturated rings. The molecule has 0 bridgehead atoms. The van der Waals surface area contributed by atoms with E-state index in [1.165, 1.54) is 0 Å². The highest BCUT2D eigenvalue weighted by Crippen LogP contribution is 2.21. The van der Waals surface area contributed by atoms with Gasteiger partial charge >= 0.3 is 0 Å². The summed E-state index contributed by atoms with van der Waals surface area (Å²) in [5, 5.41) is 6.96. The summed E-state index contributed by atoms with van der Waals surface area (Å²) in [6.07, 6.45) is 7.41. The molecule has 4 aromatic rings. The Kier molecular flexibility index (Phi) is 5.15. The topological polar surface area (TPSA) is 93.8 Å². The molecule has 0 unspecified atom stereocenters. The van der Waals surface area contributed by atoms with E-state index in [2.05, 4.69) is 25.4 Å². The summed E-state index contributed by atoms with van der Waals surface area (Å²) in [5.41, 5.74) is 3.26. The third-order valence-corrected chi connectivity index (χ3v) is 4.11. The van der Waals surface area contributed by atoms with Gasteiger partial charge in [0.1, 0.15) is 0 Å². The molecule has 1 N–H and O–H groups in total. The molecule has 0 aliphatic heterocycles. The molecular weight excluding hydrogens is 354 g/mol. The second-order valence-electron chi connectivity index (χ2n) is 6.17. The van der Waals surface area contributed by atoms with Crippen LogP contribution in [-0.4, -0.2) is 26.0 Å². The number of anilines is 1. The van der Waals surface area contributed by atoms with Crippen molar-refractivity contribution in [2.75, 3.05) is 5.32 Å². The van der Waals surface area contributed by atoms with Crippen molar-refractivity contribution in [3.8, 4) is 11.4 Å². The lowest BCUT2D eigenvalue weighted by atomic mass is 10.1. The van der Waals surface area contributed by atoms with E-state index in [-0.39, 0.29) is 12.3 Å². The number of benzene rings is 1. The van der Waals surface area contributed by atoms with Crippen LogP contribution in [-0.2, 0) is 17.6 Å². The number of pyridine rings is 2. The first-order chi connectivity index (χ1) is 13.8. The van der Waals surface area contributed by atoms with Gasteiger partial charge in [0.2, 0.25) is 17.6 Å². The molecule has 3 aromatic heterocycles. The lowest BCUT2D eigenvalue weighted by Gasteiger charge is -2.09. The van der Waals surface area contributed by atoms with Crippen molar-refractivity contribution in [2.45, 2.75) is 12.8 Å². The number of nitrogens with one attached hydrogen (secondary N) is 1. The molecule has 7 nitrogen and oxygen atoms in total. The third-order valence-electron chi connectivity index (χ3n) is 4.11. The van der Waals surface area contributed by atoms with E-state index in [9.17, 15) is 4.79 Å². The molecule has 0 radical (unpaired) electrons. The highest BCUT2D eigenvalue weighted by molar-refractivity contribution is 5.93. The highest BCUT2D eigenvalue weighted by atomic mass is 16.5. The van der Waals surface area contributed by atoms with Crippen molar-refractivity contribution >= 4 is 11.6 Å². The van der Waals surface area contributed by atoms with Gasteiger partial charge in [-0.3, -0.25) is 14.8 Å². The molecule has 0 saturated heterocycles. The Hall–Kier alpha value is -3.87. The molecule has 0 atom stereocenters. The predicted octanol–water partition coefficient (Wildman–Crippen LogP) is 3.30. The van der Waals surface area contributed by atoms with Crippen molar-refractivity contribution < 1.29 is 9.32 Å². The van der Waals surface area contributed by atoms with Crippen LogP contribution in [0.2, 0.25) is 0 Å². The minimum atomic E-state index is -0.109. The quantitative estimate of drug-likeness (QED) is 0.559. The van der Waals surface area contributed by atoms with Gasteiger partial charge in [0, 0.05) is 36.0 Å². The smallest absolute Gasteiger partial charge is 0.231 e. The maximum absolute atomic E-state index is 12.4. The van der Waals surface area contributed by atoms with Crippen LogP contribution in [0.5, 0.6) is 0 Å². The standard InChI is InChI=1S/C21H17N5O2/c27-19(11-15-5-3-9-22-13-15)24-18-8-2-1-6-16(18)12-20-25-21(26-28-20)17-7-4-10-23-14-17/h1-10,13-14H,11-12H2,(H,24,27). The summed E-state index contributed by atoms with van der Waals surface area (Å²) in [6, 6.07) is 14.9. The molecule has 0 saturated carbocycles. The maximum atomic E-state index is 12.4. The van der Waals surface area contributed by atoms with Crippen LogP contribution < -0.4 is 5.32 Å². The molecule has 7 heteroatoms. The Balaban J connectivity index is 1.47. The molecule has 0 spiro atoms. The molecule has 1 amide bonds. The van der Waals surface area contributed by atoms with E-state index in [0.717, 1.165) is 22.4 Å². The van der Waals surface area contributed by atoms with Gasteiger partial charge in [0.15, 0.2) is 0 Å². The normalized spacial score (nSPS) is 10.6. The number of carbonyl (C=O) groups excluding carboxylic acids is 1. The van der Waals surface area contributed by atoms with Crippen LogP contribution in [0.15, 0.2) is 77.8 Å². The summed E-state index contributed by atoms with van der Waals surface area (Å²) >= 11 is 0. The molecule has 1 aromatic carbocycles. The molecule has 138 valence electrons. The van der Waals surface area contributed by atoms with Crippen molar-refractivity contribution in [3.05, 3.63) is 90.3 Å². The van der Waals surface area contributed by atoms with Gasteiger partial charge in [-0.15, -0.1) is 0 Å². The van der Waals surface area contributed by atoms with Crippen molar-refractivity contribution in [1.82, 2.24) is 20.1 Å². The van der Waals surface area contributed by atoms with E-state index >= 15 is 0 Å². The van der Waals surface area contributed by atoms with Gasteiger partial charge in [-0.25, -0.2) is 0 Å². The number of rotatable bonds is 6. The SMILES string of the molecule is O=C(Cc1cccnc1)Nc1ccccc1Cc1nc(-c2cccnc2)no1. The van der Waals surface area contributed by atoms with Crippen LogP contribution in [0.25, 0.3) is 11.4 Å². The second-order valence-corrected chi connectivity index (χ2v) is 6.17. The first-order valence-electron chi connectivity index (χ1n) is 8.77. The molecule has 0 aliphatic carbocycles. The van der Waals surface area contributed by atoms with Crippen molar-refractivity contribution in [3.63, 3.8) is 0 Å². The van der Waals surface area contributed by atoms with E-state index in [1.54, 1.807) is 24.8 Å². The average Bonchev–Trinajstić information content (AvgIpc) is 3.19. The van der Waals surface area contributed by atoms with Crippen molar-refractivity contribution in [1.29, 1.82) is 0 Å². The second kappa shape index (κ2) is 8.22. The predicted molar refractivity (Wildman–Crippen MR) is 103 cm³/mol. The lowest BCUT2D eigenvalue weighted by Crippen LogP contribution is -2.15. The van der Waals surface area contributed by atoms with E-state index in [4.69, 9.17) is 4.52 Å². The first-order valence-corrected chi connectivity index (χ1v) is 8.77. The molecule has 28 heavy (non-hydrogen) atoms. The number of para-hydroxylation sites is 1. The fourth-order valence-corrected chi connectivity index (χ4v) is 2.78. The van der Waals surface area contributed by atoms with Gasteiger partial charge < -0.3 is 9.84 Å². The summed E-state index contributed by atoms with van der Waals surface area (Å²) in [4.78, 5) is 24.9. The Morgan fingerprint density at radius 3 is 2.57 bits per heavy atom. The highest BCUT2D eigenvalue weighted by Gasteiger charge is 2.13. The molecule has 4 rings (SSSR count). The van der Waals surface area contributed by atoms with Gasteiger partial charge in [-0.05, 0) is 35.4 Å². The zero-order valence-corrected chi connectivity index (χ0v) is 14.9. The van der Waals surface area contributed by atoms with Crippen LogP contribution in [0.3, 0.4) is 0 Å². The van der Waals surface area contributed by atoms with Gasteiger partial charge in [0.25, 0.3) is 0 Å². The fraction of sp³-hybridized carbons (Fsp3) is 0.0952. The van der Waals surface area contributed by atoms with Crippen molar-refractivity contribution in [2.24, 2.45) is 0 Å². The summed E-state index contributed by atoms with van der Waals surface area (Å²) in [7, 11) is 0. The molecule has 3 heterocycles. The zero-order chi connectivity index (χ0) is 19.2. The number of hydrogen-bond donors (Lipinski definition) is 1. The third kappa shape index (κ3) is 4.27. The summed E-state index contributed by atoms with van der Waals surface area (Å²) < 4.78 is 5.37. The van der Waals surface area contributed by atoms with E-state index in [1.807, 2.05) is 48.5 Å². The number of amides is 1. The summed E-state index contributed by atoms with van der Waals surface area (Å²) in [5.74, 6) is 0.844. The average molecular weight is 371 g/mol. The molecule has 0 aliphatic rings. The number of hydrogen-bond acceptors (Lipinski definition) is 6. The Morgan fingerprint density at radius 1 is 0.964 bits per heavy atom. The minimum absolute atomic E-state index is 0.109. The number of carbonyl (C=O) groups is 1. The van der Waals surface area contributed by atoms with Crippen LogP contribution in [0.1, 0.15) is 17.0 Å². The van der Waals surface area contributed by atoms with Crippen LogP contribution in [0.4, 0.5) is 5.69 Å². The Labute approximate surface area is 161 Å². The van der Waals surface area contributed by atoms with Gasteiger partial charge in [0.05, 0.1) is 12.8 Å². The Morgan fingerprint density at radius 2 is 1.79 bits per heavy atom. The van der Waals surface area contributed by atoms with Crippen LogP contribution in [0, 0.1) is 0 Å². The Bertz CT molecular complexity index is 1060. The largest absolute Gasteiger partial charge is 0.339 e. The zero-order valence-electron chi connectivity index (χ0n) is 14.9. The fourth-order valence-electron chi connectivity index (χ4n) is 2.78. The lowest BCUT2D eigenvalue weighted by molar-refractivity contribution is -0.115. The van der Waals surface area contributed by atoms with Gasteiger partial charge in [-0.1, -0.05) is 29.4 Å². The first kappa shape index (κ1) is 17.5. The monoisotopic (exact) mass is 371 g/mol. The van der Waals surface area contributed by atoms with Crippen LogP contribution >= 0.6 is 0 Å². The number of aromatic nitrogens is 4. The van der Waals surface area contributed by atoms with E-state index in [0.29, 0.717) is 18.1 Å². The number of nitrogens with zero attached hydrogens (tertiary/aromatic N) is 4. The van der Waals surface area contributed by atoms with E-state index < -0.39 is 0 Å². The van der Waals surface area contributed by atoms with Gasteiger partial charge in [-0.2, -0.15) is 4.98 Å². The molecular formula is C21H17N5O2.